The first kappa shape index (κ1) is 19.7. The summed E-state index contributed by atoms with van der Waals surface area (Å²) >= 11 is 0. The average Bonchev–Trinajstić information content (AvgIpc) is 3.27. The molecule has 0 bridgehead atoms. The summed E-state index contributed by atoms with van der Waals surface area (Å²) in [5.41, 5.74) is 1.52. The van der Waals surface area contributed by atoms with Gasteiger partial charge in [-0.1, -0.05) is 12.1 Å². The van der Waals surface area contributed by atoms with Gasteiger partial charge in [-0.15, -0.1) is 0 Å². The van der Waals surface area contributed by atoms with Crippen molar-refractivity contribution in [3.63, 3.8) is 0 Å². The van der Waals surface area contributed by atoms with Crippen LogP contribution in [0.5, 0.6) is 0 Å². The van der Waals surface area contributed by atoms with Gasteiger partial charge in [0.05, 0.1) is 29.1 Å². The number of esters is 2. The van der Waals surface area contributed by atoms with Crippen molar-refractivity contribution in [3.8, 4) is 5.69 Å². The number of hydrogen-bond donors (Lipinski definition) is 1. The minimum Gasteiger partial charge on any atom is -0.462 e. The van der Waals surface area contributed by atoms with Crippen molar-refractivity contribution in [2.45, 2.75) is 6.92 Å². The van der Waals surface area contributed by atoms with E-state index >= 15 is 0 Å². The molecule has 1 amide bonds. The van der Waals surface area contributed by atoms with Crippen LogP contribution in [-0.4, -0.2) is 45.8 Å². The smallest absolute Gasteiger partial charge is 0.340 e. The Bertz CT molecular complexity index is 1000. The van der Waals surface area contributed by atoms with Crippen LogP contribution in [0.1, 0.15) is 27.6 Å². The molecule has 9 heteroatoms. The Morgan fingerprint density at radius 2 is 1.76 bits per heavy atom. The van der Waals surface area contributed by atoms with Gasteiger partial charge in [-0.25, -0.2) is 19.3 Å². The maximum Gasteiger partial charge on any atom is 0.340 e. The first-order chi connectivity index (χ1) is 14.1. The van der Waals surface area contributed by atoms with Crippen molar-refractivity contribution in [2.24, 2.45) is 0 Å². The number of anilines is 1. The van der Waals surface area contributed by atoms with Gasteiger partial charge in [0.2, 0.25) is 0 Å². The van der Waals surface area contributed by atoms with E-state index in [0.29, 0.717) is 0 Å². The molecule has 0 atom stereocenters. The van der Waals surface area contributed by atoms with Crippen molar-refractivity contribution < 1.29 is 23.9 Å². The molecule has 0 fully saturated rings. The third-order valence-corrected chi connectivity index (χ3v) is 3.82. The summed E-state index contributed by atoms with van der Waals surface area (Å²) in [6.45, 7) is 1.41. The van der Waals surface area contributed by atoms with E-state index in [9.17, 15) is 14.4 Å². The summed E-state index contributed by atoms with van der Waals surface area (Å²) in [5, 5.41) is 6.54. The minimum absolute atomic E-state index is 0.217. The molecule has 2 aromatic carbocycles. The molecule has 1 aromatic heterocycles. The number of nitrogens with zero attached hydrogens (tertiary/aromatic N) is 3. The van der Waals surface area contributed by atoms with E-state index in [1.165, 1.54) is 18.7 Å². The predicted molar refractivity (Wildman–Crippen MR) is 103 cm³/mol. The standard InChI is InChI=1S/C20H18N4O5/c1-2-28-20(27)16-5-3-4-6-17(16)23-18(25)11-29-19(26)14-7-9-15(10-8-14)24-13-21-12-22-24/h3-10,12-13H,2,11H2,1H3,(H,23,25). The minimum atomic E-state index is -0.649. The molecule has 29 heavy (non-hydrogen) atoms. The van der Waals surface area contributed by atoms with Gasteiger partial charge in [0.25, 0.3) is 5.91 Å². The first-order valence-corrected chi connectivity index (χ1v) is 8.76. The van der Waals surface area contributed by atoms with Gasteiger partial charge in [-0.05, 0) is 43.3 Å². The molecule has 0 unspecified atom stereocenters. The van der Waals surface area contributed by atoms with Crippen molar-refractivity contribution in [2.75, 3.05) is 18.5 Å². The van der Waals surface area contributed by atoms with E-state index in [-0.39, 0.29) is 23.4 Å². The summed E-state index contributed by atoms with van der Waals surface area (Å²) in [7, 11) is 0. The molecule has 148 valence electrons. The Hall–Kier alpha value is -4.01. The number of hydrogen-bond acceptors (Lipinski definition) is 7. The predicted octanol–water partition coefficient (Wildman–Crippen LogP) is 2.24. The maximum absolute atomic E-state index is 12.1. The lowest BCUT2D eigenvalue weighted by atomic mass is 10.2. The van der Waals surface area contributed by atoms with E-state index in [1.807, 2.05) is 0 Å². The van der Waals surface area contributed by atoms with Crippen LogP contribution in [0.3, 0.4) is 0 Å². The summed E-state index contributed by atoms with van der Waals surface area (Å²) in [5.74, 6) is -1.77. The molecule has 0 spiro atoms. The lowest BCUT2D eigenvalue weighted by Gasteiger charge is -2.10. The Labute approximate surface area is 166 Å². The molecule has 1 N–H and O–H groups in total. The first-order valence-electron chi connectivity index (χ1n) is 8.76. The summed E-state index contributed by atoms with van der Waals surface area (Å²) in [4.78, 5) is 40.1. The number of carbonyl (C=O) groups excluding carboxylic acids is 3. The zero-order valence-corrected chi connectivity index (χ0v) is 15.6. The lowest BCUT2D eigenvalue weighted by Crippen LogP contribution is -2.22. The number of benzene rings is 2. The molecule has 0 aliphatic heterocycles. The number of nitrogens with one attached hydrogen (secondary N) is 1. The average molecular weight is 394 g/mol. The highest BCUT2D eigenvalue weighted by molar-refractivity contribution is 6.02. The zero-order chi connectivity index (χ0) is 20.6. The van der Waals surface area contributed by atoms with Gasteiger partial charge in [0.1, 0.15) is 12.7 Å². The third-order valence-electron chi connectivity index (χ3n) is 3.82. The highest BCUT2D eigenvalue weighted by atomic mass is 16.5. The molecular weight excluding hydrogens is 376 g/mol. The SMILES string of the molecule is CCOC(=O)c1ccccc1NC(=O)COC(=O)c1ccc(-n2cncn2)cc1. The number of carbonyl (C=O) groups is 3. The van der Waals surface area contributed by atoms with E-state index < -0.39 is 24.5 Å². The largest absolute Gasteiger partial charge is 0.462 e. The van der Waals surface area contributed by atoms with Crippen LogP contribution in [-0.2, 0) is 14.3 Å². The van der Waals surface area contributed by atoms with Crippen LogP contribution in [0.15, 0.2) is 61.2 Å². The van der Waals surface area contributed by atoms with Crippen LogP contribution < -0.4 is 5.32 Å². The van der Waals surface area contributed by atoms with E-state index in [0.717, 1.165) is 5.69 Å². The van der Waals surface area contributed by atoms with E-state index in [1.54, 1.807) is 54.1 Å². The highest BCUT2D eigenvalue weighted by Crippen LogP contribution is 2.16. The van der Waals surface area contributed by atoms with Crippen LogP contribution in [0, 0.1) is 0 Å². The maximum atomic E-state index is 12.1. The quantitative estimate of drug-likeness (QED) is 0.612. The van der Waals surface area contributed by atoms with Gasteiger partial charge in [0, 0.05) is 0 Å². The summed E-state index contributed by atoms with van der Waals surface area (Å²) in [6, 6.07) is 12.9. The van der Waals surface area contributed by atoms with Crippen molar-refractivity contribution in [1.82, 2.24) is 14.8 Å². The number of ether oxygens (including phenoxy) is 2. The molecule has 1 heterocycles. The molecule has 0 saturated heterocycles. The number of rotatable bonds is 7. The summed E-state index contributed by atoms with van der Waals surface area (Å²) in [6.07, 6.45) is 2.94. The highest BCUT2D eigenvalue weighted by Gasteiger charge is 2.15. The molecule has 0 aliphatic carbocycles. The van der Waals surface area contributed by atoms with Crippen LogP contribution in [0.4, 0.5) is 5.69 Å². The normalized spacial score (nSPS) is 10.2. The van der Waals surface area contributed by atoms with E-state index in [2.05, 4.69) is 15.4 Å². The fraction of sp³-hybridized carbons (Fsp3) is 0.150. The van der Waals surface area contributed by atoms with Gasteiger partial charge >= 0.3 is 11.9 Å². The topological polar surface area (TPSA) is 112 Å². The lowest BCUT2D eigenvalue weighted by molar-refractivity contribution is -0.119. The monoisotopic (exact) mass is 394 g/mol. The van der Waals surface area contributed by atoms with Gasteiger partial charge in [0.15, 0.2) is 6.61 Å². The van der Waals surface area contributed by atoms with Crippen molar-refractivity contribution in [3.05, 3.63) is 72.3 Å². The zero-order valence-electron chi connectivity index (χ0n) is 15.6. The Morgan fingerprint density at radius 3 is 2.45 bits per heavy atom. The van der Waals surface area contributed by atoms with Gasteiger partial charge in [-0.3, -0.25) is 4.79 Å². The van der Waals surface area contributed by atoms with Gasteiger partial charge in [-0.2, -0.15) is 5.10 Å². The molecule has 0 radical (unpaired) electrons. The number of aromatic nitrogens is 3. The number of amides is 1. The van der Waals surface area contributed by atoms with Crippen LogP contribution in [0.2, 0.25) is 0 Å². The molecule has 3 rings (SSSR count). The molecule has 0 saturated carbocycles. The fourth-order valence-electron chi connectivity index (χ4n) is 2.47. The Morgan fingerprint density at radius 1 is 1.00 bits per heavy atom. The van der Waals surface area contributed by atoms with Crippen LogP contribution in [0.25, 0.3) is 5.69 Å². The molecule has 3 aromatic rings. The fourth-order valence-corrected chi connectivity index (χ4v) is 2.47. The van der Waals surface area contributed by atoms with Crippen molar-refractivity contribution in [1.29, 1.82) is 0 Å². The Balaban J connectivity index is 1.57. The summed E-state index contributed by atoms with van der Waals surface area (Å²) < 4.78 is 11.5. The molecule has 0 aliphatic rings. The second-order valence-electron chi connectivity index (χ2n) is 5.78. The van der Waals surface area contributed by atoms with Gasteiger partial charge < -0.3 is 14.8 Å². The van der Waals surface area contributed by atoms with Crippen LogP contribution >= 0.6 is 0 Å². The second kappa shape index (κ2) is 9.27. The Kier molecular flexibility index (Phi) is 6.31. The van der Waals surface area contributed by atoms with E-state index in [4.69, 9.17) is 9.47 Å². The second-order valence-corrected chi connectivity index (χ2v) is 5.78. The number of para-hydroxylation sites is 1. The molecular formula is C20H18N4O5. The van der Waals surface area contributed by atoms with Crippen molar-refractivity contribution >= 4 is 23.5 Å². The molecule has 9 nitrogen and oxygen atoms in total. The third kappa shape index (κ3) is 5.04.